The van der Waals surface area contributed by atoms with Crippen LogP contribution in [0.1, 0.15) is 30.5 Å². The van der Waals surface area contributed by atoms with Gasteiger partial charge < -0.3 is 15.0 Å². The van der Waals surface area contributed by atoms with E-state index in [0.717, 1.165) is 11.1 Å². The number of nitrogens with zero attached hydrogens (tertiary/aromatic N) is 1. The molecule has 0 bridgehead atoms. The van der Waals surface area contributed by atoms with Crippen LogP contribution < -0.4 is 5.32 Å². The maximum atomic E-state index is 12.4. The summed E-state index contributed by atoms with van der Waals surface area (Å²) in [6.45, 7) is 3.64. The van der Waals surface area contributed by atoms with Crippen molar-refractivity contribution in [2.75, 3.05) is 18.5 Å². The van der Waals surface area contributed by atoms with Crippen molar-refractivity contribution in [2.45, 2.75) is 26.3 Å². The highest BCUT2D eigenvalue weighted by Gasteiger charge is 2.38. The Bertz CT molecular complexity index is 916. The molecular formula is C22H23ClN2O4. The van der Waals surface area contributed by atoms with Gasteiger partial charge in [-0.25, -0.2) is 0 Å². The van der Waals surface area contributed by atoms with Gasteiger partial charge in [0, 0.05) is 23.7 Å². The first-order valence-corrected chi connectivity index (χ1v) is 9.80. The maximum Gasteiger partial charge on any atom is 0.311 e. The van der Waals surface area contributed by atoms with Crippen LogP contribution in [0.3, 0.4) is 0 Å². The highest BCUT2D eigenvalue weighted by Crippen LogP contribution is 2.29. The van der Waals surface area contributed by atoms with Crippen molar-refractivity contribution in [3.63, 3.8) is 0 Å². The summed E-state index contributed by atoms with van der Waals surface area (Å²) in [5.41, 5.74) is 2.42. The normalized spacial score (nSPS) is 17.1. The second-order valence-corrected chi connectivity index (χ2v) is 7.59. The smallest absolute Gasteiger partial charge is 0.311 e. The number of esters is 1. The lowest BCUT2D eigenvalue weighted by molar-refractivity contribution is -0.151. The number of halogens is 1. The molecule has 0 unspecified atom stereocenters. The fraction of sp³-hybridized carbons (Fsp3) is 0.318. The van der Waals surface area contributed by atoms with Crippen molar-refractivity contribution in [2.24, 2.45) is 5.92 Å². The van der Waals surface area contributed by atoms with E-state index in [1.54, 1.807) is 23.1 Å². The van der Waals surface area contributed by atoms with Crippen molar-refractivity contribution in [3.05, 3.63) is 64.7 Å². The molecule has 3 rings (SSSR count). The third-order valence-corrected chi connectivity index (χ3v) is 5.30. The van der Waals surface area contributed by atoms with Gasteiger partial charge in [0.1, 0.15) is 0 Å². The Labute approximate surface area is 174 Å². The van der Waals surface area contributed by atoms with Gasteiger partial charge in [-0.1, -0.05) is 48.0 Å². The third-order valence-electron chi connectivity index (χ3n) is 5.06. The van der Waals surface area contributed by atoms with E-state index in [-0.39, 0.29) is 24.9 Å². The van der Waals surface area contributed by atoms with Crippen LogP contribution >= 0.6 is 11.6 Å². The zero-order valence-electron chi connectivity index (χ0n) is 16.4. The molecule has 7 heteroatoms. The Morgan fingerprint density at radius 1 is 1.24 bits per heavy atom. The van der Waals surface area contributed by atoms with E-state index in [2.05, 4.69) is 5.32 Å². The Morgan fingerprint density at radius 3 is 2.69 bits per heavy atom. The van der Waals surface area contributed by atoms with Crippen LogP contribution in [0.25, 0.3) is 0 Å². The number of hydrogen-bond donors (Lipinski definition) is 1. The van der Waals surface area contributed by atoms with E-state index >= 15 is 0 Å². The minimum Gasteiger partial charge on any atom is -0.455 e. The number of carbonyl (C=O) groups is 3. The van der Waals surface area contributed by atoms with E-state index in [9.17, 15) is 14.4 Å². The van der Waals surface area contributed by atoms with Gasteiger partial charge in [0.05, 0.1) is 12.0 Å². The standard InChI is InChI=1S/C22H23ClN2O4/c1-14-8-9-18(23)11-19(14)24-20(26)13-29-22(28)17-10-21(27)25(12-17)15(2)16-6-4-3-5-7-16/h3-9,11,15,17H,10,12-13H2,1-2H3,(H,24,26)/t15-,17+/m0/s1. The van der Waals surface area contributed by atoms with E-state index in [1.165, 1.54) is 0 Å². The summed E-state index contributed by atoms with van der Waals surface area (Å²) in [7, 11) is 0. The van der Waals surface area contributed by atoms with Gasteiger partial charge in [-0.2, -0.15) is 0 Å². The molecule has 29 heavy (non-hydrogen) atoms. The Hall–Kier alpha value is -2.86. The zero-order chi connectivity index (χ0) is 21.0. The van der Waals surface area contributed by atoms with Crippen molar-refractivity contribution in [1.29, 1.82) is 0 Å². The fourth-order valence-electron chi connectivity index (χ4n) is 3.35. The molecule has 0 spiro atoms. The van der Waals surface area contributed by atoms with Crippen LogP contribution in [-0.2, 0) is 19.1 Å². The maximum absolute atomic E-state index is 12.4. The largest absolute Gasteiger partial charge is 0.455 e. The molecule has 2 amide bonds. The number of aryl methyl sites for hydroxylation is 1. The molecule has 1 aliphatic rings. The zero-order valence-corrected chi connectivity index (χ0v) is 17.1. The first-order chi connectivity index (χ1) is 13.8. The molecule has 0 radical (unpaired) electrons. The molecule has 0 aromatic heterocycles. The molecule has 1 fully saturated rings. The molecule has 2 aromatic carbocycles. The van der Waals surface area contributed by atoms with Crippen LogP contribution in [0.4, 0.5) is 5.69 Å². The molecule has 2 atom stereocenters. The van der Waals surface area contributed by atoms with Gasteiger partial charge in [-0.05, 0) is 37.1 Å². The van der Waals surface area contributed by atoms with Crippen LogP contribution in [-0.4, -0.2) is 35.8 Å². The predicted octanol–water partition coefficient (Wildman–Crippen LogP) is 3.74. The van der Waals surface area contributed by atoms with E-state index in [4.69, 9.17) is 16.3 Å². The van der Waals surface area contributed by atoms with E-state index < -0.39 is 24.4 Å². The first-order valence-electron chi connectivity index (χ1n) is 9.42. The summed E-state index contributed by atoms with van der Waals surface area (Å²) in [6.07, 6.45) is 0.0883. The number of rotatable bonds is 6. The second-order valence-electron chi connectivity index (χ2n) is 7.15. The highest BCUT2D eigenvalue weighted by molar-refractivity contribution is 6.31. The average Bonchev–Trinajstić information content (AvgIpc) is 3.10. The van der Waals surface area contributed by atoms with Gasteiger partial charge in [0.15, 0.2) is 6.61 Å². The number of nitrogens with one attached hydrogen (secondary N) is 1. The van der Waals surface area contributed by atoms with Crippen molar-refractivity contribution in [1.82, 2.24) is 4.90 Å². The van der Waals surface area contributed by atoms with Crippen LogP contribution in [0, 0.1) is 12.8 Å². The highest BCUT2D eigenvalue weighted by atomic mass is 35.5. The summed E-state index contributed by atoms with van der Waals surface area (Å²) in [4.78, 5) is 38.5. The fourth-order valence-corrected chi connectivity index (χ4v) is 3.52. The topological polar surface area (TPSA) is 75.7 Å². The first kappa shape index (κ1) is 20.9. The molecule has 1 N–H and O–H groups in total. The lowest BCUT2D eigenvalue weighted by Gasteiger charge is -2.25. The van der Waals surface area contributed by atoms with Gasteiger partial charge in [0.25, 0.3) is 5.91 Å². The summed E-state index contributed by atoms with van der Waals surface area (Å²) >= 11 is 5.94. The predicted molar refractivity (Wildman–Crippen MR) is 110 cm³/mol. The van der Waals surface area contributed by atoms with E-state index in [1.807, 2.05) is 44.2 Å². The Morgan fingerprint density at radius 2 is 1.97 bits per heavy atom. The van der Waals surface area contributed by atoms with Gasteiger partial charge in [-0.15, -0.1) is 0 Å². The molecule has 6 nitrogen and oxygen atoms in total. The molecular weight excluding hydrogens is 392 g/mol. The van der Waals surface area contributed by atoms with Crippen LogP contribution in [0.5, 0.6) is 0 Å². The third kappa shape index (κ3) is 5.15. The number of amides is 2. The lowest BCUT2D eigenvalue weighted by Crippen LogP contribution is -2.30. The minimum atomic E-state index is -0.575. The number of ether oxygens (including phenoxy) is 1. The van der Waals surface area contributed by atoms with Crippen molar-refractivity contribution >= 4 is 35.1 Å². The van der Waals surface area contributed by atoms with Crippen molar-refractivity contribution < 1.29 is 19.1 Å². The molecule has 152 valence electrons. The number of anilines is 1. The summed E-state index contributed by atoms with van der Waals surface area (Å²) < 4.78 is 5.15. The number of benzene rings is 2. The molecule has 0 saturated carbocycles. The van der Waals surface area contributed by atoms with Crippen molar-refractivity contribution in [3.8, 4) is 0 Å². The minimum absolute atomic E-state index is 0.0883. The summed E-state index contributed by atoms with van der Waals surface area (Å²) in [5.74, 6) is -1.67. The molecule has 1 heterocycles. The Kier molecular flexibility index (Phi) is 6.54. The lowest BCUT2D eigenvalue weighted by atomic mass is 10.1. The second kappa shape index (κ2) is 9.09. The van der Waals surface area contributed by atoms with Gasteiger partial charge in [0.2, 0.25) is 5.91 Å². The van der Waals surface area contributed by atoms with Crippen LogP contribution in [0.2, 0.25) is 5.02 Å². The SMILES string of the molecule is Cc1ccc(Cl)cc1NC(=O)COC(=O)[C@@H]1CC(=O)N([C@@H](C)c2ccccc2)C1. The quantitative estimate of drug-likeness (QED) is 0.730. The van der Waals surface area contributed by atoms with Gasteiger partial charge >= 0.3 is 5.97 Å². The number of hydrogen-bond acceptors (Lipinski definition) is 4. The Balaban J connectivity index is 1.53. The van der Waals surface area contributed by atoms with Crippen LogP contribution in [0.15, 0.2) is 48.5 Å². The number of likely N-dealkylation sites (tertiary alicyclic amines) is 1. The van der Waals surface area contributed by atoms with E-state index in [0.29, 0.717) is 10.7 Å². The molecule has 2 aromatic rings. The summed E-state index contributed by atoms with van der Waals surface area (Å²) in [6, 6.07) is 14.7. The van der Waals surface area contributed by atoms with Gasteiger partial charge in [-0.3, -0.25) is 14.4 Å². The number of carbonyl (C=O) groups excluding carboxylic acids is 3. The average molecular weight is 415 g/mol. The molecule has 1 saturated heterocycles. The monoisotopic (exact) mass is 414 g/mol. The molecule has 0 aliphatic carbocycles. The summed E-state index contributed by atoms with van der Waals surface area (Å²) in [5, 5.41) is 3.18. The molecule has 1 aliphatic heterocycles.